The van der Waals surface area contributed by atoms with Crippen LogP contribution >= 0.6 is 0 Å². The molecule has 0 aliphatic heterocycles. The summed E-state index contributed by atoms with van der Waals surface area (Å²) in [5.74, 6) is -2.22. The Bertz CT molecular complexity index is 1030. The highest BCUT2D eigenvalue weighted by Gasteiger charge is 2.20. The Kier molecular flexibility index (Phi) is 10.8. The average Bonchev–Trinajstić information content (AvgIpc) is 3.33. The molecule has 0 spiro atoms. The molecule has 174 valence electrons. The number of aromatic carboxylic acids is 2. The van der Waals surface area contributed by atoms with Gasteiger partial charge < -0.3 is 32.5 Å². The van der Waals surface area contributed by atoms with Crippen LogP contribution in [0.5, 0.6) is 0 Å². The fourth-order valence-electron chi connectivity index (χ4n) is 2.39. The van der Waals surface area contributed by atoms with Crippen molar-refractivity contribution in [2.75, 3.05) is 0 Å². The van der Waals surface area contributed by atoms with E-state index in [1.54, 1.807) is 0 Å². The molecule has 4 aromatic rings. The second kappa shape index (κ2) is 13.3. The highest BCUT2D eigenvalue weighted by Crippen LogP contribution is 2.13. The first kappa shape index (κ1) is 26.9. The second-order valence-electron chi connectivity index (χ2n) is 6.16. The van der Waals surface area contributed by atoms with Gasteiger partial charge in [0, 0.05) is 24.0 Å². The number of halogens is 4. The zero-order chi connectivity index (χ0) is 24.9. The third-order valence-electron chi connectivity index (χ3n) is 3.80. The standard InChI is InChI=1S/C9H7N.C9H8O4.C4H5N.BF4/c1-2-6-9-8(4-1)5-3-7-10-9;1-5-6(8(10)11)3-2-4-7(5)9(12)13;1-2-4-5-3-1;2-1(3,4)5/h1-7H;2-4H,1H3,(H,10,11)(H,12,13);1-5H;/q;;;-1. The van der Waals surface area contributed by atoms with Crippen LogP contribution in [0.25, 0.3) is 10.9 Å². The molecule has 2 aromatic carbocycles. The first-order chi connectivity index (χ1) is 15.5. The Balaban J connectivity index is 0.000000239. The smallest absolute Gasteiger partial charge is 0.478 e. The van der Waals surface area contributed by atoms with Gasteiger partial charge in [-0.15, -0.1) is 0 Å². The minimum Gasteiger partial charge on any atom is -0.478 e. The van der Waals surface area contributed by atoms with Gasteiger partial charge in [0.05, 0.1) is 16.6 Å². The third kappa shape index (κ3) is 11.2. The molecule has 0 unspecified atom stereocenters. The molecule has 0 fully saturated rings. The number of hydrogen-bond acceptors (Lipinski definition) is 3. The fraction of sp³-hybridized carbons (Fsp3) is 0.0455. The van der Waals surface area contributed by atoms with Crippen LogP contribution in [0.3, 0.4) is 0 Å². The van der Waals surface area contributed by atoms with E-state index in [9.17, 15) is 26.9 Å². The largest absolute Gasteiger partial charge is 0.673 e. The number of rotatable bonds is 2. The van der Waals surface area contributed by atoms with Gasteiger partial charge in [-0.1, -0.05) is 30.3 Å². The van der Waals surface area contributed by atoms with Crippen molar-refractivity contribution in [2.24, 2.45) is 0 Å². The molecule has 0 saturated carbocycles. The van der Waals surface area contributed by atoms with Crippen LogP contribution in [0.2, 0.25) is 0 Å². The number of aromatic amines is 1. The van der Waals surface area contributed by atoms with Gasteiger partial charge in [0.15, 0.2) is 0 Å². The van der Waals surface area contributed by atoms with Crippen molar-refractivity contribution in [1.29, 1.82) is 0 Å². The van der Waals surface area contributed by atoms with Crippen molar-refractivity contribution in [1.82, 2.24) is 9.97 Å². The first-order valence-corrected chi connectivity index (χ1v) is 9.31. The maximum Gasteiger partial charge on any atom is 0.673 e. The lowest BCUT2D eigenvalue weighted by atomic mass is 10.0. The molecule has 33 heavy (non-hydrogen) atoms. The molecule has 0 atom stereocenters. The van der Waals surface area contributed by atoms with Gasteiger partial charge in [0.1, 0.15) is 0 Å². The van der Waals surface area contributed by atoms with Gasteiger partial charge >= 0.3 is 19.2 Å². The molecule has 2 aromatic heterocycles. The van der Waals surface area contributed by atoms with Crippen molar-refractivity contribution in [2.45, 2.75) is 6.92 Å². The SMILES string of the molecule is Cc1c(C(=O)O)cccc1C(=O)O.F[B-](F)(F)F.c1cc[nH]c1.c1ccc2ncccc2c1. The molecular formula is C22H20BF4N2O4-. The molecule has 0 bridgehead atoms. The summed E-state index contributed by atoms with van der Waals surface area (Å²) in [6.45, 7) is 1.48. The van der Waals surface area contributed by atoms with E-state index in [0.717, 1.165) is 5.52 Å². The number of carbonyl (C=O) groups is 2. The van der Waals surface area contributed by atoms with Crippen LogP contribution in [0, 0.1) is 6.92 Å². The van der Waals surface area contributed by atoms with Crippen molar-refractivity contribution in [3.63, 3.8) is 0 Å². The van der Waals surface area contributed by atoms with Crippen molar-refractivity contribution in [3.05, 3.63) is 102 Å². The number of pyridine rings is 1. The lowest BCUT2D eigenvalue weighted by molar-refractivity contribution is 0.0696. The minimum atomic E-state index is -6.00. The third-order valence-corrected chi connectivity index (χ3v) is 3.80. The van der Waals surface area contributed by atoms with E-state index in [-0.39, 0.29) is 16.7 Å². The van der Waals surface area contributed by atoms with Gasteiger partial charge in [0.2, 0.25) is 0 Å². The van der Waals surface area contributed by atoms with Gasteiger partial charge in [-0.2, -0.15) is 0 Å². The lowest BCUT2D eigenvalue weighted by Gasteiger charge is -2.03. The average molecular weight is 463 g/mol. The van der Waals surface area contributed by atoms with Crippen molar-refractivity contribution in [3.8, 4) is 0 Å². The lowest BCUT2D eigenvalue weighted by Crippen LogP contribution is -2.06. The Morgan fingerprint density at radius 1 is 0.788 bits per heavy atom. The van der Waals surface area contributed by atoms with Crippen LogP contribution in [0.15, 0.2) is 85.3 Å². The molecule has 11 heteroatoms. The zero-order valence-electron chi connectivity index (χ0n) is 17.3. The topological polar surface area (TPSA) is 103 Å². The summed E-state index contributed by atoms with van der Waals surface area (Å²) in [5.41, 5.74) is 1.40. The maximum atomic E-state index is 10.6. The summed E-state index contributed by atoms with van der Waals surface area (Å²) in [5, 5.41) is 18.6. The Labute approximate surface area is 186 Å². The number of H-pyrrole nitrogens is 1. The zero-order valence-corrected chi connectivity index (χ0v) is 17.3. The molecule has 0 aliphatic carbocycles. The number of aromatic nitrogens is 2. The maximum absolute atomic E-state index is 10.6. The Morgan fingerprint density at radius 2 is 1.27 bits per heavy atom. The molecule has 6 nitrogen and oxygen atoms in total. The monoisotopic (exact) mass is 463 g/mol. The fourth-order valence-corrected chi connectivity index (χ4v) is 2.39. The number of benzene rings is 2. The minimum absolute atomic E-state index is 0.0277. The van der Waals surface area contributed by atoms with E-state index in [1.807, 2.05) is 55.0 Å². The van der Waals surface area contributed by atoms with Crippen LogP contribution in [0.4, 0.5) is 17.3 Å². The number of carboxylic acids is 2. The van der Waals surface area contributed by atoms with E-state index >= 15 is 0 Å². The summed E-state index contributed by atoms with van der Waals surface area (Å²) in [6.07, 6.45) is 5.56. The summed E-state index contributed by atoms with van der Waals surface area (Å²) in [4.78, 5) is 28.2. The van der Waals surface area contributed by atoms with E-state index < -0.39 is 19.2 Å². The van der Waals surface area contributed by atoms with Gasteiger partial charge in [-0.05, 0) is 48.9 Å². The highest BCUT2D eigenvalue weighted by atomic mass is 19.5. The predicted octanol–water partition coefficient (Wildman–Crippen LogP) is 5.94. The van der Waals surface area contributed by atoms with Gasteiger partial charge in [-0.25, -0.2) is 9.59 Å². The van der Waals surface area contributed by atoms with E-state index in [1.165, 1.54) is 30.5 Å². The molecule has 0 amide bonds. The second-order valence-corrected chi connectivity index (χ2v) is 6.16. The van der Waals surface area contributed by atoms with E-state index in [0.29, 0.717) is 0 Å². The van der Waals surface area contributed by atoms with Gasteiger partial charge in [0.25, 0.3) is 0 Å². The summed E-state index contributed by atoms with van der Waals surface area (Å²) < 4.78 is 39.0. The molecule has 4 rings (SSSR count). The Morgan fingerprint density at radius 3 is 1.70 bits per heavy atom. The Hall–Kier alpha value is -4.15. The van der Waals surface area contributed by atoms with Crippen molar-refractivity contribution < 1.29 is 37.1 Å². The molecule has 2 heterocycles. The normalized spacial score (nSPS) is 9.85. The molecule has 0 aliphatic rings. The summed E-state index contributed by atoms with van der Waals surface area (Å²) in [6, 6.07) is 20.1. The van der Waals surface area contributed by atoms with Crippen molar-refractivity contribution >= 4 is 30.1 Å². The van der Waals surface area contributed by atoms with Crippen LogP contribution < -0.4 is 0 Å². The summed E-state index contributed by atoms with van der Waals surface area (Å²) >= 11 is 0. The van der Waals surface area contributed by atoms with Crippen LogP contribution in [-0.4, -0.2) is 39.4 Å². The molecular weight excluding hydrogens is 443 g/mol. The number of hydrogen-bond donors (Lipinski definition) is 3. The number of nitrogens with one attached hydrogen (secondary N) is 1. The van der Waals surface area contributed by atoms with Crippen LogP contribution in [-0.2, 0) is 0 Å². The number of fused-ring (bicyclic) bond motifs is 1. The molecule has 3 N–H and O–H groups in total. The molecule has 0 radical (unpaired) electrons. The van der Waals surface area contributed by atoms with Gasteiger partial charge in [-0.3, -0.25) is 4.98 Å². The van der Waals surface area contributed by atoms with E-state index in [4.69, 9.17) is 10.2 Å². The van der Waals surface area contributed by atoms with E-state index in [2.05, 4.69) is 22.1 Å². The number of para-hydroxylation sites is 1. The highest BCUT2D eigenvalue weighted by molar-refractivity contribution is 6.50. The number of nitrogens with zero attached hydrogens (tertiary/aromatic N) is 1. The quantitative estimate of drug-likeness (QED) is 0.252. The summed E-state index contributed by atoms with van der Waals surface area (Å²) in [7, 11) is -6.00. The first-order valence-electron chi connectivity index (χ1n) is 9.31. The number of carboxylic acid groups (broad SMARTS) is 2. The van der Waals surface area contributed by atoms with Crippen LogP contribution in [0.1, 0.15) is 26.3 Å². The predicted molar refractivity (Wildman–Crippen MR) is 118 cm³/mol. The molecule has 0 saturated heterocycles.